The molecule has 92 valence electrons. The third-order valence-corrected chi connectivity index (χ3v) is 4.62. The SMILES string of the molecule is O=C(O)c1ccc(S(=O)C2CCOCC2)cc1. The standard InChI is InChI=1S/C12H14O4S/c13-12(14)9-1-3-10(4-2-9)17(15)11-5-7-16-8-6-11/h1-4,11H,5-8H2,(H,13,14). The molecule has 4 nitrogen and oxygen atoms in total. The lowest BCUT2D eigenvalue weighted by atomic mass is 10.2. The molecular weight excluding hydrogens is 240 g/mol. The maximum Gasteiger partial charge on any atom is 0.335 e. The van der Waals surface area contributed by atoms with E-state index in [4.69, 9.17) is 9.84 Å². The summed E-state index contributed by atoms with van der Waals surface area (Å²) in [6, 6.07) is 6.26. The van der Waals surface area contributed by atoms with Crippen LogP contribution in [0.3, 0.4) is 0 Å². The summed E-state index contributed by atoms with van der Waals surface area (Å²) < 4.78 is 17.4. The number of carbonyl (C=O) groups is 1. The Hall–Kier alpha value is -1.20. The van der Waals surface area contributed by atoms with Crippen molar-refractivity contribution in [2.24, 2.45) is 0 Å². The van der Waals surface area contributed by atoms with Gasteiger partial charge < -0.3 is 9.84 Å². The normalized spacial score (nSPS) is 18.8. The number of hydrogen-bond donors (Lipinski definition) is 1. The van der Waals surface area contributed by atoms with Gasteiger partial charge in [0.15, 0.2) is 0 Å². The molecule has 1 aromatic rings. The van der Waals surface area contributed by atoms with Crippen molar-refractivity contribution >= 4 is 16.8 Å². The number of carboxylic acid groups (broad SMARTS) is 1. The first kappa shape index (κ1) is 12.3. The van der Waals surface area contributed by atoms with E-state index in [2.05, 4.69) is 0 Å². The van der Waals surface area contributed by atoms with Crippen LogP contribution >= 0.6 is 0 Å². The molecule has 1 aromatic carbocycles. The van der Waals surface area contributed by atoms with Crippen molar-refractivity contribution < 1.29 is 18.8 Å². The highest BCUT2D eigenvalue weighted by Crippen LogP contribution is 2.20. The lowest BCUT2D eigenvalue weighted by Gasteiger charge is -2.21. The maximum atomic E-state index is 12.2. The maximum absolute atomic E-state index is 12.2. The minimum atomic E-state index is -1.06. The van der Waals surface area contributed by atoms with Crippen LogP contribution in [-0.2, 0) is 15.5 Å². The number of rotatable bonds is 3. The van der Waals surface area contributed by atoms with Gasteiger partial charge in [-0.1, -0.05) is 0 Å². The summed E-state index contributed by atoms with van der Waals surface area (Å²) in [5.74, 6) is -0.964. The Morgan fingerprint density at radius 1 is 1.24 bits per heavy atom. The highest BCUT2D eigenvalue weighted by molar-refractivity contribution is 7.85. The summed E-state index contributed by atoms with van der Waals surface area (Å²) >= 11 is 0. The third kappa shape index (κ3) is 2.92. The Bertz CT molecular complexity index is 421. The Balaban J connectivity index is 2.10. The average molecular weight is 254 g/mol. The molecule has 1 N–H and O–H groups in total. The molecule has 1 heterocycles. The first-order valence-corrected chi connectivity index (χ1v) is 6.71. The number of aromatic carboxylic acids is 1. The van der Waals surface area contributed by atoms with Crippen molar-refractivity contribution in [2.45, 2.75) is 23.0 Å². The second kappa shape index (κ2) is 5.42. The quantitative estimate of drug-likeness (QED) is 0.891. The summed E-state index contributed by atoms with van der Waals surface area (Å²) in [6.45, 7) is 1.31. The highest BCUT2D eigenvalue weighted by Gasteiger charge is 2.21. The van der Waals surface area contributed by atoms with Gasteiger partial charge in [-0.15, -0.1) is 0 Å². The van der Waals surface area contributed by atoms with Crippen molar-refractivity contribution in [3.05, 3.63) is 29.8 Å². The summed E-state index contributed by atoms with van der Waals surface area (Å²) in [6.07, 6.45) is 1.60. The topological polar surface area (TPSA) is 63.6 Å². The summed E-state index contributed by atoms with van der Waals surface area (Å²) in [4.78, 5) is 11.4. The van der Waals surface area contributed by atoms with E-state index in [0.717, 1.165) is 12.8 Å². The lowest BCUT2D eigenvalue weighted by Crippen LogP contribution is -2.24. The van der Waals surface area contributed by atoms with Crippen molar-refractivity contribution in [2.75, 3.05) is 13.2 Å². The molecule has 2 rings (SSSR count). The van der Waals surface area contributed by atoms with E-state index < -0.39 is 16.8 Å². The number of ether oxygens (including phenoxy) is 1. The zero-order chi connectivity index (χ0) is 12.3. The van der Waals surface area contributed by atoms with Gasteiger partial charge in [-0.3, -0.25) is 4.21 Å². The molecule has 0 amide bonds. The minimum absolute atomic E-state index is 0.124. The molecule has 1 saturated heterocycles. The van der Waals surface area contributed by atoms with Crippen LogP contribution in [0.5, 0.6) is 0 Å². The van der Waals surface area contributed by atoms with Crippen LogP contribution in [0.1, 0.15) is 23.2 Å². The molecule has 0 aliphatic carbocycles. The molecule has 0 aromatic heterocycles. The Morgan fingerprint density at radius 2 is 1.82 bits per heavy atom. The molecular formula is C12H14O4S. The first-order valence-electron chi connectivity index (χ1n) is 5.50. The van der Waals surface area contributed by atoms with Crippen LogP contribution in [-0.4, -0.2) is 33.7 Å². The highest BCUT2D eigenvalue weighted by atomic mass is 32.2. The summed E-state index contributed by atoms with van der Waals surface area (Å²) in [7, 11) is -1.06. The zero-order valence-corrected chi connectivity index (χ0v) is 10.1. The van der Waals surface area contributed by atoms with E-state index in [1.54, 1.807) is 12.1 Å². The van der Waals surface area contributed by atoms with Gasteiger partial charge in [0.05, 0.1) is 16.4 Å². The van der Waals surface area contributed by atoms with Crippen LogP contribution in [0.15, 0.2) is 29.2 Å². The van der Waals surface area contributed by atoms with Gasteiger partial charge in [0.2, 0.25) is 0 Å². The van der Waals surface area contributed by atoms with Crippen molar-refractivity contribution in [1.82, 2.24) is 0 Å². The van der Waals surface area contributed by atoms with Gasteiger partial charge in [0.1, 0.15) is 0 Å². The first-order chi connectivity index (χ1) is 8.18. The molecule has 17 heavy (non-hydrogen) atoms. The van der Waals surface area contributed by atoms with E-state index in [-0.39, 0.29) is 10.8 Å². The van der Waals surface area contributed by atoms with E-state index in [1.807, 2.05) is 0 Å². The molecule has 5 heteroatoms. The number of benzene rings is 1. The van der Waals surface area contributed by atoms with E-state index in [9.17, 15) is 9.00 Å². The fourth-order valence-electron chi connectivity index (χ4n) is 1.81. The van der Waals surface area contributed by atoms with Crippen molar-refractivity contribution in [3.8, 4) is 0 Å². The molecule has 1 unspecified atom stereocenters. The van der Waals surface area contributed by atoms with Gasteiger partial charge in [0.25, 0.3) is 0 Å². The molecule has 0 spiro atoms. The smallest absolute Gasteiger partial charge is 0.335 e. The molecule has 0 saturated carbocycles. The molecule has 1 atom stereocenters. The van der Waals surface area contributed by atoms with Gasteiger partial charge in [-0.2, -0.15) is 0 Å². The number of hydrogen-bond acceptors (Lipinski definition) is 3. The molecule has 1 fully saturated rings. The van der Waals surface area contributed by atoms with Crippen LogP contribution in [0, 0.1) is 0 Å². The Kier molecular flexibility index (Phi) is 3.91. The largest absolute Gasteiger partial charge is 0.478 e. The molecule has 1 aliphatic rings. The lowest BCUT2D eigenvalue weighted by molar-refractivity contribution is 0.0697. The van der Waals surface area contributed by atoms with E-state index in [0.29, 0.717) is 18.1 Å². The predicted molar refractivity (Wildman–Crippen MR) is 63.7 cm³/mol. The fraction of sp³-hybridized carbons (Fsp3) is 0.417. The minimum Gasteiger partial charge on any atom is -0.478 e. The molecule has 1 aliphatic heterocycles. The third-order valence-electron chi connectivity index (χ3n) is 2.80. The fourth-order valence-corrected chi connectivity index (χ4v) is 3.22. The summed E-state index contributed by atoms with van der Waals surface area (Å²) in [5.41, 5.74) is 0.220. The van der Waals surface area contributed by atoms with Crippen LogP contribution < -0.4 is 0 Å². The van der Waals surface area contributed by atoms with Crippen LogP contribution in [0.4, 0.5) is 0 Å². The number of carboxylic acids is 1. The molecule has 0 radical (unpaired) electrons. The van der Waals surface area contributed by atoms with Gasteiger partial charge in [-0.05, 0) is 37.1 Å². The Labute approximate surface area is 102 Å². The summed E-state index contributed by atoms with van der Waals surface area (Å²) in [5, 5.41) is 8.90. The second-order valence-electron chi connectivity index (χ2n) is 3.94. The van der Waals surface area contributed by atoms with Crippen LogP contribution in [0.25, 0.3) is 0 Å². The Morgan fingerprint density at radius 3 is 2.35 bits per heavy atom. The monoisotopic (exact) mass is 254 g/mol. The van der Waals surface area contributed by atoms with Gasteiger partial charge >= 0.3 is 5.97 Å². The predicted octanol–water partition coefficient (Wildman–Crippen LogP) is 1.67. The van der Waals surface area contributed by atoms with E-state index in [1.165, 1.54) is 12.1 Å². The van der Waals surface area contributed by atoms with E-state index >= 15 is 0 Å². The second-order valence-corrected chi connectivity index (χ2v) is 5.67. The average Bonchev–Trinajstić information content (AvgIpc) is 2.39. The molecule has 0 bridgehead atoms. The van der Waals surface area contributed by atoms with Crippen molar-refractivity contribution in [1.29, 1.82) is 0 Å². The zero-order valence-electron chi connectivity index (χ0n) is 9.30. The van der Waals surface area contributed by atoms with Gasteiger partial charge in [-0.25, -0.2) is 4.79 Å². The van der Waals surface area contributed by atoms with Gasteiger partial charge in [0, 0.05) is 23.4 Å². The van der Waals surface area contributed by atoms with Crippen molar-refractivity contribution in [3.63, 3.8) is 0 Å². The van der Waals surface area contributed by atoms with Crippen LogP contribution in [0.2, 0.25) is 0 Å².